The van der Waals surface area contributed by atoms with Crippen LogP contribution in [0.25, 0.3) is 0 Å². The number of ether oxygens (including phenoxy) is 1. The Bertz CT molecular complexity index is 536. The Hall–Kier alpha value is -1.66. The zero-order valence-electron chi connectivity index (χ0n) is 10.3. The number of aliphatic hydroxyl groups is 1. The molecule has 0 aliphatic rings. The average molecular weight is 280 g/mol. The first-order valence-electron chi connectivity index (χ1n) is 5.62. The van der Waals surface area contributed by atoms with Gasteiger partial charge in [0.05, 0.1) is 7.11 Å². The highest BCUT2D eigenvalue weighted by Crippen LogP contribution is 2.27. The van der Waals surface area contributed by atoms with Crippen LogP contribution in [0.15, 0.2) is 41.6 Å². The van der Waals surface area contributed by atoms with E-state index in [1.165, 1.54) is 43.4 Å². The van der Waals surface area contributed by atoms with Gasteiger partial charge in [0, 0.05) is 23.0 Å². The molecule has 2 aromatic rings. The number of aliphatic hydroxyl groups excluding tert-OH is 1. The van der Waals surface area contributed by atoms with Crippen LogP contribution in [0.4, 0.5) is 4.39 Å². The second-order valence-corrected chi connectivity index (χ2v) is 4.82. The molecule has 4 nitrogen and oxygen atoms in total. The third kappa shape index (κ3) is 3.65. The molecule has 1 atom stereocenters. The molecular formula is C13H13FN2O2S. The summed E-state index contributed by atoms with van der Waals surface area (Å²) in [6.45, 7) is 0. The van der Waals surface area contributed by atoms with E-state index in [-0.39, 0.29) is 5.82 Å². The van der Waals surface area contributed by atoms with E-state index >= 15 is 0 Å². The molecule has 0 saturated carbocycles. The molecule has 0 aliphatic heterocycles. The fraction of sp³-hybridized carbons (Fsp3) is 0.231. The highest BCUT2D eigenvalue weighted by Gasteiger charge is 2.16. The van der Waals surface area contributed by atoms with Crippen LogP contribution in [-0.2, 0) is 0 Å². The maximum atomic E-state index is 12.8. The van der Waals surface area contributed by atoms with Crippen molar-refractivity contribution in [3.05, 3.63) is 48.2 Å². The minimum atomic E-state index is -0.793. The van der Waals surface area contributed by atoms with Gasteiger partial charge >= 0.3 is 0 Å². The molecule has 19 heavy (non-hydrogen) atoms. The van der Waals surface area contributed by atoms with Gasteiger partial charge in [0.1, 0.15) is 17.6 Å². The van der Waals surface area contributed by atoms with Crippen LogP contribution in [0.3, 0.4) is 0 Å². The van der Waals surface area contributed by atoms with Gasteiger partial charge in [-0.1, -0.05) is 0 Å². The van der Waals surface area contributed by atoms with Gasteiger partial charge in [-0.3, -0.25) is 4.98 Å². The predicted octanol–water partition coefficient (Wildman–Crippen LogP) is 2.45. The third-order valence-corrected chi connectivity index (χ3v) is 3.51. The largest absolute Gasteiger partial charge is 0.480 e. The van der Waals surface area contributed by atoms with E-state index in [1.807, 2.05) is 0 Å². The van der Waals surface area contributed by atoms with Crippen molar-refractivity contribution >= 4 is 11.8 Å². The number of nitrogens with zero attached hydrogens (tertiary/aromatic N) is 2. The summed E-state index contributed by atoms with van der Waals surface area (Å²) >= 11 is 1.41. The van der Waals surface area contributed by atoms with Gasteiger partial charge in [0.2, 0.25) is 5.88 Å². The zero-order chi connectivity index (χ0) is 13.7. The molecule has 0 saturated heterocycles. The van der Waals surface area contributed by atoms with Crippen LogP contribution in [0.5, 0.6) is 5.88 Å². The fourth-order valence-corrected chi connectivity index (χ4v) is 2.34. The normalized spacial score (nSPS) is 12.2. The van der Waals surface area contributed by atoms with Gasteiger partial charge < -0.3 is 9.84 Å². The zero-order valence-corrected chi connectivity index (χ0v) is 11.1. The number of rotatable bonds is 5. The van der Waals surface area contributed by atoms with E-state index in [4.69, 9.17) is 4.74 Å². The summed E-state index contributed by atoms with van der Waals surface area (Å²) in [6, 6.07) is 6.11. The predicted molar refractivity (Wildman–Crippen MR) is 70.7 cm³/mol. The number of aromatic nitrogens is 2. The Morgan fingerprint density at radius 2 is 1.95 bits per heavy atom. The van der Waals surface area contributed by atoms with Crippen LogP contribution < -0.4 is 4.74 Å². The van der Waals surface area contributed by atoms with E-state index in [1.54, 1.807) is 12.1 Å². The van der Waals surface area contributed by atoms with Crippen LogP contribution >= 0.6 is 11.8 Å². The van der Waals surface area contributed by atoms with Crippen LogP contribution in [0.1, 0.15) is 11.8 Å². The van der Waals surface area contributed by atoms with Gasteiger partial charge in [-0.25, -0.2) is 9.37 Å². The molecule has 2 rings (SSSR count). The van der Waals surface area contributed by atoms with Crippen molar-refractivity contribution < 1.29 is 14.2 Å². The molecule has 1 aromatic carbocycles. The monoisotopic (exact) mass is 280 g/mol. The Morgan fingerprint density at radius 1 is 1.26 bits per heavy atom. The van der Waals surface area contributed by atoms with E-state index in [2.05, 4.69) is 9.97 Å². The number of hydrogen-bond donors (Lipinski definition) is 1. The number of benzene rings is 1. The van der Waals surface area contributed by atoms with Crippen molar-refractivity contribution in [3.8, 4) is 5.88 Å². The summed E-state index contributed by atoms with van der Waals surface area (Å²) in [6.07, 6.45) is 2.21. The van der Waals surface area contributed by atoms with E-state index in [0.29, 0.717) is 17.3 Å². The molecule has 0 radical (unpaired) electrons. The molecule has 6 heteroatoms. The maximum Gasteiger partial charge on any atom is 0.238 e. The van der Waals surface area contributed by atoms with Crippen molar-refractivity contribution in [1.82, 2.24) is 9.97 Å². The first-order valence-corrected chi connectivity index (χ1v) is 6.60. The lowest BCUT2D eigenvalue weighted by Crippen LogP contribution is -2.06. The highest BCUT2D eigenvalue weighted by atomic mass is 32.2. The molecular weight excluding hydrogens is 267 g/mol. The van der Waals surface area contributed by atoms with Crippen molar-refractivity contribution in [2.24, 2.45) is 0 Å². The number of thioether (sulfide) groups is 1. The maximum absolute atomic E-state index is 12.8. The molecule has 1 aromatic heterocycles. The quantitative estimate of drug-likeness (QED) is 0.853. The lowest BCUT2D eigenvalue weighted by Gasteiger charge is -2.12. The van der Waals surface area contributed by atoms with Crippen molar-refractivity contribution in [2.75, 3.05) is 12.9 Å². The second kappa shape index (κ2) is 6.49. The van der Waals surface area contributed by atoms with Crippen molar-refractivity contribution in [2.45, 2.75) is 11.0 Å². The van der Waals surface area contributed by atoms with Crippen molar-refractivity contribution in [3.63, 3.8) is 0 Å². The van der Waals surface area contributed by atoms with E-state index < -0.39 is 6.10 Å². The average Bonchev–Trinajstić information content (AvgIpc) is 2.46. The van der Waals surface area contributed by atoms with Gasteiger partial charge in [-0.15, -0.1) is 11.8 Å². The summed E-state index contributed by atoms with van der Waals surface area (Å²) in [4.78, 5) is 8.92. The number of halogens is 1. The van der Waals surface area contributed by atoms with Crippen LogP contribution in [-0.4, -0.2) is 27.9 Å². The lowest BCUT2D eigenvalue weighted by molar-refractivity contribution is 0.192. The third-order valence-electron chi connectivity index (χ3n) is 2.42. The molecule has 1 unspecified atom stereocenters. The Morgan fingerprint density at radius 3 is 2.63 bits per heavy atom. The molecule has 100 valence electrons. The fourth-order valence-electron chi connectivity index (χ4n) is 1.51. The Balaban J connectivity index is 2.01. The molecule has 0 aliphatic carbocycles. The first kappa shape index (κ1) is 13.8. The molecule has 1 heterocycles. The van der Waals surface area contributed by atoms with Crippen LogP contribution in [0.2, 0.25) is 0 Å². The van der Waals surface area contributed by atoms with Crippen molar-refractivity contribution in [1.29, 1.82) is 0 Å². The molecule has 0 fully saturated rings. The molecule has 1 N–H and O–H groups in total. The minimum Gasteiger partial charge on any atom is -0.480 e. The Labute approximate surface area is 114 Å². The van der Waals surface area contributed by atoms with Gasteiger partial charge in [0.25, 0.3) is 0 Å². The topological polar surface area (TPSA) is 55.2 Å². The Kier molecular flexibility index (Phi) is 4.70. The highest BCUT2D eigenvalue weighted by molar-refractivity contribution is 7.99. The lowest BCUT2D eigenvalue weighted by atomic mass is 10.3. The van der Waals surface area contributed by atoms with E-state index in [0.717, 1.165) is 4.90 Å². The molecule has 0 bridgehead atoms. The molecule has 0 spiro atoms. The van der Waals surface area contributed by atoms with E-state index in [9.17, 15) is 9.50 Å². The molecule has 0 amide bonds. The van der Waals surface area contributed by atoms with Crippen LogP contribution in [0, 0.1) is 5.82 Å². The first-order chi connectivity index (χ1) is 9.20. The van der Waals surface area contributed by atoms with Gasteiger partial charge in [-0.2, -0.15) is 0 Å². The standard InChI is InChI=1S/C13H13FN2O2S/c1-18-13-12(15-6-7-16-13)11(17)8-19-10-4-2-9(14)3-5-10/h2-7,11,17H,8H2,1H3. The summed E-state index contributed by atoms with van der Waals surface area (Å²) in [5.74, 6) is 0.427. The number of hydrogen-bond acceptors (Lipinski definition) is 5. The second-order valence-electron chi connectivity index (χ2n) is 3.73. The van der Waals surface area contributed by atoms with Gasteiger partial charge in [0.15, 0.2) is 0 Å². The summed E-state index contributed by atoms with van der Waals surface area (Å²) in [7, 11) is 1.48. The smallest absolute Gasteiger partial charge is 0.238 e. The summed E-state index contributed by atoms with van der Waals surface area (Å²) < 4.78 is 17.8. The minimum absolute atomic E-state index is 0.277. The number of methoxy groups -OCH3 is 1. The SMILES string of the molecule is COc1nccnc1C(O)CSc1ccc(F)cc1. The van der Waals surface area contributed by atoms with Gasteiger partial charge in [-0.05, 0) is 24.3 Å². The summed E-state index contributed by atoms with van der Waals surface area (Å²) in [5, 5.41) is 10.1. The summed E-state index contributed by atoms with van der Waals surface area (Å²) in [5.41, 5.74) is 0.402.